The highest BCUT2D eigenvalue weighted by Gasteiger charge is 2.47. The number of carbonyl (C=O) groups is 1. The van der Waals surface area contributed by atoms with E-state index in [-0.39, 0.29) is 24.2 Å². The number of fused-ring (bicyclic) bond motifs is 3. The lowest BCUT2D eigenvalue weighted by atomic mass is 9.83. The van der Waals surface area contributed by atoms with Crippen molar-refractivity contribution in [1.29, 1.82) is 0 Å². The van der Waals surface area contributed by atoms with Crippen LogP contribution in [0.2, 0.25) is 5.02 Å². The summed E-state index contributed by atoms with van der Waals surface area (Å²) in [5, 5.41) is 0.753. The summed E-state index contributed by atoms with van der Waals surface area (Å²) in [4.78, 5) is 16.0. The third kappa shape index (κ3) is 6.50. The maximum absolute atomic E-state index is 14.8. The molecule has 3 fully saturated rings. The van der Waals surface area contributed by atoms with Gasteiger partial charge in [-0.3, -0.25) is 4.90 Å². The fourth-order valence-corrected chi connectivity index (χ4v) is 6.85. The van der Waals surface area contributed by atoms with Crippen molar-refractivity contribution in [1.82, 2.24) is 0 Å². The van der Waals surface area contributed by atoms with Crippen LogP contribution in [0.15, 0.2) is 77.7 Å². The summed E-state index contributed by atoms with van der Waals surface area (Å²) in [6, 6.07) is 20.0. The third-order valence-electron chi connectivity index (χ3n) is 7.75. The first kappa shape index (κ1) is 27.0. The molecule has 3 aromatic rings. The quantitative estimate of drug-likeness (QED) is 0.154. The molecule has 6 rings (SSSR count). The van der Waals surface area contributed by atoms with E-state index in [2.05, 4.69) is 6.07 Å². The van der Waals surface area contributed by atoms with Crippen molar-refractivity contribution in [3.8, 4) is 0 Å². The Hall–Kier alpha value is -2.61. The normalized spacial score (nSPS) is 22.3. The number of benzene rings is 3. The van der Waals surface area contributed by atoms with Gasteiger partial charge < -0.3 is 9.22 Å². The van der Waals surface area contributed by atoms with E-state index in [4.69, 9.17) is 16.3 Å². The van der Waals surface area contributed by atoms with Gasteiger partial charge >= 0.3 is 6.09 Å². The average molecular weight is 558 g/mol. The minimum absolute atomic E-state index is 0.0954. The molecule has 1 atom stereocenters. The van der Waals surface area contributed by atoms with Crippen LogP contribution in [0.1, 0.15) is 24.8 Å². The van der Waals surface area contributed by atoms with Gasteiger partial charge in [0.2, 0.25) is 0 Å². The molecule has 3 heterocycles. The molecule has 0 radical (unpaired) electrons. The smallest absolute Gasteiger partial charge is 0.415 e. The second-order valence-corrected chi connectivity index (χ2v) is 11.9. The van der Waals surface area contributed by atoms with Crippen molar-refractivity contribution in [3.05, 3.63) is 95.0 Å². The number of hydrogen-bond donors (Lipinski definition) is 0. The lowest BCUT2D eigenvalue weighted by molar-refractivity contribution is -0.946. The van der Waals surface area contributed by atoms with Crippen LogP contribution in [0.25, 0.3) is 0 Å². The fraction of sp³-hybridized carbons (Fsp3) is 0.367. The Kier molecular flexibility index (Phi) is 8.56. The van der Waals surface area contributed by atoms with E-state index in [1.807, 2.05) is 30.0 Å². The second-order valence-electron chi connectivity index (χ2n) is 10.3. The molecule has 200 valence electrons. The van der Waals surface area contributed by atoms with Crippen LogP contribution in [0, 0.1) is 17.6 Å². The molecule has 38 heavy (non-hydrogen) atoms. The first-order valence-electron chi connectivity index (χ1n) is 13.1. The lowest BCUT2D eigenvalue weighted by Crippen LogP contribution is -2.65. The first-order chi connectivity index (χ1) is 18.4. The van der Waals surface area contributed by atoms with Crippen molar-refractivity contribution in [2.24, 2.45) is 5.92 Å². The topological polar surface area (TPSA) is 29.5 Å². The number of thioether (sulfide) groups is 1. The zero-order chi connectivity index (χ0) is 26.5. The van der Waals surface area contributed by atoms with Gasteiger partial charge in [0.1, 0.15) is 18.2 Å². The number of nitrogens with zero attached hydrogens (tertiary/aromatic N) is 2. The molecule has 0 N–H and O–H groups in total. The van der Waals surface area contributed by atoms with Crippen LogP contribution in [-0.2, 0) is 11.3 Å². The zero-order valence-electron chi connectivity index (χ0n) is 21.2. The summed E-state index contributed by atoms with van der Waals surface area (Å²) in [6.07, 6.45) is 2.35. The molecule has 3 saturated heterocycles. The minimum atomic E-state index is -0.562. The number of ether oxygens (including phenoxy) is 1. The van der Waals surface area contributed by atoms with Crippen LogP contribution in [0.4, 0.5) is 19.3 Å². The van der Waals surface area contributed by atoms with Crippen molar-refractivity contribution in [3.63, 3.8) is 0 Å². The van der Waals surface area contributed by atoms with Crippen molar-refractivity contribution < 1.29 is 22.8 Å². The molecule has 2 bridgehead atoms. The molecule has 8 heteroatoms. The van der Waals surface area contributed by atoms with Gasteiger partial charge in [0.25, 0.3) is 0 Å². The van der Waals surface area contributed by atoms with E-state index in [1.165, 1.54) is 28.0 Å². The first-order valence-corrected chi connectivity index (χ1v) is 14.5. The molecule has 4 nitrogen and oxygen atoms in total. The van der Waals surface area contributed by atoms with Gasteiger partial charge in [-0.1, -0.05) is 41.9 Å². The minimum Gasteiger partial charge on any atom is -0.440 e. The van der Waals surface area contributed by atoms with Gasteiger partial charge in [-0.2, -0.15) is 0 Å². The molecule has 0 aromatic heterocycles. The van der Waals surface area contributed by atoms with Gasteiger partial charge in [0.05, 0.1) is 31.9 Å². The van der Waals surface area contributed by atoms with E-state index in [0.717, 1.165) is 60.7 Å². The number of quaternary nitrogens is 1. The molecule has 3 aromatic carbocycles. The predicted molar refractivity (Wildman–Crippen MR) is 148 cm³/mol. The zero-order valence-corrected chi connectivity index (χ0v) is 22.8. The van der Waals surface area contributed by atoms with Gasteiger partial charge in [0, 0.05) is 40.9 Å². The number of para-hydroxylation sites is 1. The Morgan fingerprint density at radius 3 is 2.53 bits per heavy atom. The lowest BCUT2D eigenvalue weighted by Gasteiger charge is -2.52. The van der Waals surface area contributed by atoms with Crippen LogP contribution in [-0.4, -0.2) is 48.6 Å². The molecular weight excluding hydrogens is 526 g/mol. The molecule has 3 aliphatic rings. The van der Waals surface area contributed by atoms with Crippen LogP contribution >= 0.6 is 23.4 Å². The van der Waals surface area contributed by atoms with E-state index in [0.29, 0.717) is 11.5 Å². The Morgan fingerprint density at radius 1 is 1.03 bits per heavy atom. The van der Waals surface area contributed by atoms with Gasteiger partial charge in [0.15, 0.2) is 6.10 Å². The third-order valence-corrected chi connectivity index (χ3v) is 9.07. The Labute approximate surface area is 232 Å². The number of hydrogen-bond acceptors (Lipinski definition) is 3. The SMILES string of the molecule is O=C(O[C@H]1C[N+]2(CCCSc3cccc(Cl)c3)CCC1CC2)N(Cc1ccc(F)cc1)c1ccccc1F. The summed E-state index contributed by atoms with van der Waals surface area (Å²) in [7, 11) is 0. The maximum Gasteiger partial charge on any atom is 0.415 e. The van der Waals surface area contributed by atoms with E-state index < -0.39 is 11.9 Å². The highest BCUT2D eigenvalue weighted by Crippen LogP contribution is 2.37. The average Bonchev–Trinajstić information content (AvgIpc) is 2.92. The molecular formula is C30H32ClF2N2O2S+. The largest absolute Gasteiger partial charge is 0.440 e. The van der Waals surface area contributed by atoms with Crippen molar-refractivity contribution in [2.75, 3.05) is 36.8 Å². The summed E-state index contributed by atoms with van der Waals surface area (Å²) in [6.45, 7) is 4.14. The van der Waals surface area contributed by atoms with Crippen LogP contribution in [0.3, 0.4) is 0 Å². The van der Waals surface area contributed by atoms with Crippen molar-refractivity contribution in [2.45, 2.75) is 36.8 Å². The second kappa shape index (κ2) is 12.1. The highest BCUT2D eigenvalue weighted by molar-refractivity contribution is 7.99. The molecule has 3 aliphatic heterocycles. The number of piperidine rings is 3. The maximum atomic E-state index is 14.8. The fourth-order valence-electron chi connectivity index (χ4n) is 5.70. The molecule has 0 spiro atoms. The summed E-state index contributed by atoms with van der Waals surface area (Å²) in [5.41, 5.74) is 0.853. The van der Waals surface area contributed by atoms with Gasteiger partial charge in [-0.05, 0) is 48.0 Å². The monoisotopic (exact) mass is 557 g/mol. The Morgan fingerprint density at radius 2 is 1.79 bits per heavy atom. The van der Waals surface area contributed by atoms with E-state index >= 15 is 0 Å². The number of anilines is 1. The van der Waals surface area contributed by atoms with E-state index in [1.54, 1.807) is 30.3 Å². The number of rotatable bonds is 9. The molecule has 0 aliphatic carbocycles. The van der Waals surface area contributed by atoms with Gasteiger partial charge in [-0.25, -0.2) is 13.6 Å². The summed E-state index contributed by atoms with van der Waals surface area (Å²) < 4.78 is 35.3. The predicted octanol–water partition coefficient (Wildman–Crippen LogP) is 7.55. The van der Waals surface area contributed by atoms with Crippen LogP contribution < -0.4 is 4.90 Å². The number of carbonyl (C=O) groups excluding carboxylic acids is 1. The number of amides is 1. The summed E-state index contributed by atoms with van der Waals surface area (Å²) >= 11 is 7.93. The standard InChI is InChI=1S/C30H32ClF2N2O2S/c31-24-5-3-6-26(19-24)38-18-4-15-35-16-13-23(14-17-35)29(21-35)37-30(36)34(28-8-2-1-7-27(28)33)20-22-9-11-25(32)12-10-22/h1-3,5-12,19,23,29H,4,13-18,20-21H2/q+1/t23?,29-,35?/m0/s1. The Balaban J connectivity index is 1.23. The van der Waals surface area contributed by atoms with Crippen LogP contribution in [0.5, 0.6) is 0 Å². The Bertz CT molecular complexity index is 1250. The highest BCUT2D eigenvalue weighted by atomic mass is 35.5. The molecule has 0 saturated carbocycles. The summed E-state index contributed by atoms with van der Waals surface area (Å²) in [5.74, 6) is 0.475. The molecule has 1 amide bonds. The van der Waals surface area contributed by atoms with E-state index in [9.17, 15) is 13.6 Å². The number of halogens is 3. The molecule has 0 unspecified atom stereocenters. The van der Waals surface area contributed by atoms with Crippen molar-refractivity contribution >= 4 is 35.1 Å². The van der Waals surface area contributed by atoms with Gasteiger partial charge in [-0.15, -0.1) is 11.8 Å².